The zero-order valence-electron chi connectivity index (χ0n) is 11.2. The molecule has 0 saturated heterocycles. The quantitative estimate of drug-likeness (QED) is 0.881. The van der Waals surface area contributed by atoms with Crippen LogP contribution in [0.4, 0.5) is 5.69 Å². The molecule has 3 nitrogen and oxygen atoms in total. The van der Waals surface area contributed by atoms with E-state index in [9.17, 15) is 0 Å². The van der Waals surface area contributed by atoms with Crippen LogP contribution >= 0.6 is 11.6 Å². The summed E-state index contributed by atoms with van der Waals surface area (Å²) in [4.78, 5) is 0. The average molecular weight is 267 g/mol. The predicted octanol–water partition coefficient (Wildman–Crippen LogP) is 3.83. The van der Waals surface area contributed by atoms with Gasteiger partial charge in [-0.1, -0.05) is 11.6 Å². The van der Waals surface area contributed by atoms with Crippen LogP contribution in [0.2, 0.25) is 5.02 Å². The van der Waals surface area contributed by atoms with Gasteiger partial charge >= 0.3 is 0 Å². The van der Waals surface area contributed by atoms with E-state index in [2.05, 4.69) is 26.1 Å². The van der Waals surface area contributed by atoms with Crippen molar-refractivity contribution < 1.29 is 4.74 Å². The molecule has 0 heterocycles. The molecule has 0 bridgehead atoms. The first-order chi connectivity index (χ1) is 8.38. The van der Waals surface area contributed by atoms with Crippen molar-refractivity contribution in [2.24, 2.45) is 0 Å². The summed E-state index contributed by atoms with van der Waals surface area (Å²) in [6, 6.07) is 7.65. The molecule has 0 radical (unpaired) electrons. The minimum Gasteiger partial charge on any atom is -0.382 e. The molecule has 0 spiro atoms. The first-order valence-electron chi connectivity index (χ1n) is 5.89. The van der Waals surface area contributed by atoms with E-state index in [4.69, 9.17) is 21.6 Å². The van der Waals surface area contributed by atoms with E-state index in [1.54, 1.807) is 19.2 Å². The van der Waals surface area contributed by atoms with E-state index in [0.717, 1.165) is 12.1 Å². The molecule has 1 N–H and O–H groups in total. The summed E-state index contributed by atoms with van der Waals surface area (Å²) in [6.45, 7) is 6.20. The SMILES string of the molecule is COC(C)(C)CC(C)Nc1ccc(C#N)c(Cl)c1. The van der Waals surface area contributed by atoms with Gasteiger partial charge in [0.15, 0.2) is 0 Å². The van der Waals surface area contributed by atoms with E-state index >= 15 is 0 Å². The van der Waals surface area contributed by atoms with E-state index < -0.39 is 0 Å². The van der Waals surface area contributed by atoms with Crippen LogP contribution in [0.25, 0.3) is 0 Å². The van der Waals surface area contributed by atoms with Crippen LogP contribution in [-0.2, 0) is 4.74 Å². The molecule has 4 heteroatoms. The predicted molar refractivity (Wildman–Crippen MR) is 75.0 cm³/mol. The Labute approximate surface area is 114 Å². The summed E-state index contributed by atoms with van der Waals surface area (Å²) >= 11 is 5.99. The van der Waals surface area contributed by atoms with Gasteiger partial charge < -0.3 is 10.1 Å². The zero-order valence-corrected chi connectivity index (χ0v) is 12.0. The van der Waals surface area contributed by atoms with Gasteiger partial charge in [-0.15, -0.1) is 0 Å². The summed E-state index contributed by atoms with van der Waals surface area (Å²) in [7, 11) is 1.71. The number of anilines is 1. The Morgan fingerprint density at radius 2 is 2.17 bits per heavy atom. The second-order valence-electron chi connectivity index (χ2n) is 5.02. The van der Waals surface area contributed by atoms with Crippen LogP contribution in [0, 0.1) is 11.3 Å². The molecule has 0 fully saturated rings. The minimum absolute atomic E-state index is 0.164. The highest BCUT2D eigenvalue weighted by Gasteiger charge is 2.20. The molecule has 0 aliphatic heterocycles. The first kappa shape index (κ1) is 14.8. The van der Waals surface area contributed by atoms with Crippen molar-refractivity contribution in [3.8, 4) is 6.07 Å². The molecule has 98 valence electrons. The second kappa shape index (κ2) is 6.08. The van der Waals surface area contributed by atoms with Gasteiger partial charge in [0.05, 0.1) is 16.2 Å². The van der Waals surface area contributed by atoms with E-state index in [0.29, 0.717) is 10.6 Å². The van der Waals surface area contributed by atoms with Gasteiger partial charge in [-0.2, -0.15) is 5.26 Å². The van der Waals surface area contributed by atoms with Crippen LogP contribution < -0.4 is 5.32 Å². The van der Waals surface area contributed by atoms with Gasteiger partial charge in [-0.3, -0.25) is 0 Å². The van der Waals surface area contributed by atoms with Crippen LogP contribution in [0.5, 0.6) is 0 Å². The first-order valence-corrected chi connectivity index (χ1v) is 6.27. The number of methoxy groups -OCH3 is 1. The summed E-state index contributed by atoms with van der Waals surface area (Å²) in [5.74, 6) is 0. The molecule has 0 aliphatic carbocycles. The number of hydrogen-bond donors (Lipinski definition) is 1. The molecular weight excluding hydrogens is 248 g/mol. The maximum atomic E-state index is 8.80. The standard InChI is InChI=1S/C14H19ClN2O/c1-10(8-14(2,3)18-4)17-12-6-5-11(9-16)13(15)7-12/h5-7,10,17H,8H2,1-4H3. The Balaban J connectivity index is 2.68. The number of benzene rings is 1. The molecule has 0 aliphatic rings. The van der Waals surface area contributed by atoms with Crippen molar-refractivity contribution in [2.45, 2.75) is 38.8 Å². The molecule has 1 rings (SSSR count). The molecule has 0 amide bonds. The second-order valence-corrected chi connectivity index (χ2v) is 5.43. The number of halogens is 1. The third-order valence-electron chi connectivity index (χ3n) is 2.85. The van der Waals surface area contributed by atoms with Crippen LogP contribution in [0.15, 0.2) is 18.2 Å². The average Bonchev–Trinajstić information content (AvgIpc) is 2.28. The maximum absolute atomic E-state index is 8.80. The number of nitrogens with one attached hydrogen (secondary N) is 1. The zero-order chi connectivity index (χ0) is 13.8. The van der Waals surface area contributed by atoms with Crippen molar-refractivity contribution in [3.63, 3.8) is 0 Å². The number of nitriles is 1. The van der Waals surface area contributed by atoms with Gasteiger partial charge in [-0.05, 0) is 45.4 Å². The molecule has 1 atom stereocenters. The van der Waals surface area contributed by atoms with Crippen molar-refractivity contribution in [2.75, 3.05) is 12.4 Å². The maximum Gasteiger partial charge on any atom is 0.101 e. The topological polar surface area (TPSA) is 45.0 Å². The molecule has 1 aromatic rings. The van der Waals surface area contributed by atoms with Gasteiger partial charge in [0.1, 0.15) is 6.07 Å². The van der Waals surface area contributed by atoms with Crippen molar-refractivity contribution in [3.05, 3.63) is 28.8 Å². The van der Waals surface area contributed by atoms with Gasteiger partial charge in [0.25, 0.3) is 0 Å². The van der Waals surface area contributed by atoms with Gasteiger partial charge in [0, 0.05) is 18.8 Å². The number of ether oxygens (including phenoxy) is 1. The lowest BCUT2D eigenvalue weighted by Crippen LogP contribution is -2.31. The van der Waals surface area contributed by atoms with Crippen molar-refractivity contribution in [1.29, 1.82) is 5.26 Å². The Morgan fingerprint density at radius 3 is 2.67 bits per heavy atom. The monoisotopic (exact) mass is 266 g/mol. The highest BCUT2D eigenvalue weighted by atomic mass is 35.5. The Hall–Kier alpha value is -1.24. The number of nitrogens with zero attached hydrogens (tertiary/aromatic N) is 1. The number of rotatable bonds is 5. The normalized spacial score (nSPS) is 12.9. The highest BCUT2D eigenvalue weighted by molar-refractivity contribution is 6.32. The number of hydrogen-bond acceptors (Lipinski definition) is 3. The van der Waals surface area contributed by atoms with E-state index in [-0.39, 0.29) is 11.6 Å². The van der Waals surface area contributed by atoms with Crippen LogP contribution in [-0.4, -0.2) is 18.8 Å². The van der Waals surface area contributed by atoms with Crippen LogP contribution in [0.3, 0.4) is 0 Å². The molecule has 18 heavy (non-hydrogen) atoms. The molecule has 0 aromatic heterocycles. The molecule has 1 aromatic carbocycles. The third-order valence-corrected chi connectivity index (χ3v) is 3.17. The lowest BCUT2D eigenvalue weighted by molar-refractivity contribution is 0.0128. The Bertz CT molecular complexity index is 452. The summed E-state index contributed by atoms with van der Waals surface area (Å²) in [5, 5.41) is 12.6. The van der Waals surface area contributed by atoms with Gasteiger partial charge in [-0.25, -0.2) is 0 Å². The summed E-state index contributed by atoms with van der Waals surface area (Å²) in [5.41, 5.74) is 1.24. The van der Waals surface area contributed by atoms with Crippen molar-refractivity contribution in [1.82, 2.24) is 0 Å². The summed E-state index contributed by atoms with van der Waals surface area (Å²) in [6.07, 6.45) is 0.876. The Morgan fingerprint density at radius 1 is 1.50 bits per heavy atom. The summed E-state index contributed by atoms with van der Waals surface area (Å²) < 4.78 is 5.40. The largest absolute Gasteiger partial charge is 0.382 e. The smallest absolute Gasteiger partial charge is 0.101 e. The fourth-order valence-corrected chi connectivity index (χ4v) is 2.07. The third kappa shape index (κ3) is 4.21. The van der Waals surface area contributed by atoms with Crippen LogP contribution in [0.1, 0.15) is 32.8 Å². The highest BCUT2D eigenvalue weighted by Crippen LogP contribution is 2.23. The van der Waals surface area contributed by atoms with Gasteiger partial charge in [0.2, 0.25) is 0 Å². The fourth-order valence-electron chi connectivity index (χ4n) is 1.85. The Kier molecular flexibility index (Phi) is 5.01. The molecule has 0 saturated carbocycles. The fraction of sp³-hybridized carbons (Fsp3) is 0.500. The molecule has 1 unspecified atom stereocenters. The lowest BCUT2D eigenvalue weighted by atomic mass is 9.99. The van der Waals surface area contributed by atoms with E-state index in [1.807, 2.05) is 12.1 Å². The lowest BCUT2D eigenvalue weighted by Gasteiger charge is -2.27. The minimum atomic E-state index is -0.164. The van der Waals surface area contributed by atoms with E-state index in [1.165, 1.54) is 0 Å². The molecular formula is C14H19ClN2O. The van der Waals surface area contributed by atoms with Crippen molar-refractivity contribution >= 4 is 17.3 Å².